The third kappa shape index (κ3) is 4.71. The molecule has 2 aromatic carbocycles. The van der Waals surface area contributed by atoms with Gasteiger partial charge in [-0.05, 0) is 49.6 Å². The summed E-state index contributed by atoms with van der Waals surface area (Å²) in [4.78, 5) is 27.4. The molecule has 3 rings (SSSR count). The summed E-state index contributed by atoms with van der Waals surface area (Å²) in [7, 11) is 0. The minimum atomic E-state index is -0.425. The first-order valence-electron chi connectivity index (χ1n) is 9.24. The topological polar surface area (TPSA) is 82.0 Å². The number of likely N-dealkylation sites (tertiary alicyclic amines) is 1. The van der Waals surface area contributed by atoms with Crippen LogP contribution < -0.4 is 5.32 Å². The molecule has 0 aliphatic carbocycles. The number of amides is 2. The van der Waals surface area contributed by atoms with E-state index in [1.165, 1.54) is 0 Å². The van der Waals surface area contributed by atoms with Gasteiger partial charge in [0.1, 0.15) is 0 Å². The zero-order valence-corrected chi connectivity index (χ0v) is 17.4. The van der Waals surface area contributed by atoms with Crippen molar-refractivity contribution >= 4 is 40.9 Å². The Labute approximate surface area is 179 Å². The Balaban J connectivity index is 1.71. The van der Waals surface area contributed by atoms with Crippen LogP contribution in [0.2, 0.25) is 10.0 Å². The van der Waals surface area contributed by atoms with E-state index in [1.54, 1.807) is 54.3 Å². The minimum absolute atomic E-state index is 0.0188. The fraction of sp³-hybridized carbons (Fsp3) is 0.286. The number of piperidine rings is 1. The van der Waals surface area contributed by atoms with Gasteiger partial charge in [-0.15, -0.1) is 0 Å². The maximum absolute atomic E-state index is 12.9. The molecule has 0 bridgehead atoms. The molecule has 0 spiro atoms. The van der Waals surface area contributed by atoms with Gasteiger partial charge in [-0.1, -0.05) is 46.6 Å². The number of nitrogens with zero attached hydrogens (tertiary/aromatic N) is 2. The normalized spacial score (nSPS) is 17.1. The van der Waals surface area contributed by atoms with Crippen LogP contribution in [0.4, 0.5) is 0 Å². The summed E-state index contributed by atoms with van der Waals surface area (Å²) in [5.41, 5.74) is 1.68. The Kier molecular flexibility index (Phi) is 6.77. The number of benzene rings is 2. The third-order valence-electron chi connectivity index (χ3n) is 5.05. The second-order valence-electron chi connectivity index (χ2n) is 6.92. The number of hydrogen-bond donors (Lipinski definition) is 2. The van der Waals surface area contributed by atoms with Crippen LogP contribution in [-0.4, -0.2) is 40.8 Å². The second kappa shape index (κ2) is 9.29. The molecule has 1 atom stereocenters. The van der Waals surface area contributed by atoms with Crippen LogP contribution in [0.15, 0.2) is 47.6 Å². The quantitative estimate of drug-likeness (QED) is 0.330. The molecule has 0 aromatic heterocycles. The van der Waals surface area contributed by atoms with Crippen LogP contribution in [-0.2, 0) is 4.79 Å². The summed E-state index contributed by atoms with van der Waals surface area (Å²) in [6.45, 7) is 2.65. The predicted octanol–water partition coefficient (Wildman–Crippen LogP) is 4.11. The number of hydrogen-bond acceptors (Lipinski definition) is 4. The summed E-state index contributed by atoms with van der Waals surface area (Å²) < 4.78 is 0. The molecule has 1 heterocycles. The van der Waals surface area contributed by atoms with Crippen molar-refractivity contribution in [2.75, 3.05) is 13.1 Å². The highest BCUT2D eigenvalue weighted by atomic mass is 35.5. The second-order valence-corrected chi connectivity index (χ2v) is 7.73. The standard InChI is InChI=1S/C21H21Cl2N3O3/c1-13-15(8-4-10-17(13)22)21(28)26-11-5-6-14(12-26)20(27)24-19(25-29)16-7-2-3-9-18(16)23/h2-4,7-10,14,29H,5-6,11-12H2,1H3,(H,24,25,27)/t14-/m0/s1. The van der Waals surface area contributed by atoms with Crippen LogP contribution in [0, 0.1) is 12.8 Å². The molecule has 6 nitrogen and oxygen atoms in total. The molecule has 29 heavy (non-hydrogen) atoms. The summed E-state index contributed by atoms with van der Waals surface area (Å²) in [6, 6.07) is 12.0. The van der Waals surface area contributed by atoms with E-state index < -0.39 is 5.92 Å². The molecule has 152 valence electrons. The lowest BCUT2D eigenvalue weighted by atomic mass is 9.95. The van der Waals surface area contributed by atoms with Crippen LogP contribution in [0.25, 0.3) is 0 Å². The van der Waals surface area contributed by atoms with Gasteiger partial charge in [0.15, 0.2) is 5.84 Å². The van der Waals surface area contributed by atoms with Crippen molar-refractivity contribution in [3.05, 3.63) is 69.2 Å². The third-order valence-corrected chi connectivity index (χ3v) is 5.79. The first kappa shape index (κ1) is 21.1. The number of carbonyl (C=O) groups is 2. The van der Waals surface area contributed by atoms with E-state index in [9.17, 15) is 14.8 Å². The average Bonchev–Trinajstić information content (AvgIpc) is 2.74. The van der Waals surface area contributed by atoms with Crippen LogP contribution in [0.5, 0.6) is 0 Å². The van der Waals surface area contributed by atoms with Crippen molar-refractivity contribution in [3.8, 4) is 0 Å². The highest BCUT2D eigenvalue weighted by Crippen LogP contribution is 2.24. The predicted molar refractivity (Wildman–Crippen MR) is 113 cm³/mol. The Morgan fingerprint density at radius 2 is 1.79 bits per heavy atom. The molecule has 1 aliphatic rings. The molecule has 1 fully saturated rings. The van der Waals surface area contributed by atoms with Crippen molar-refractivity contribution < 1.29 is 14.8 Å². The number of carbonyl (C=O) groups excluding carboxylic acids is 2. The number of halogens is 2. The lowest BCUT2D eigenvalue weighted by molar-refractivity contribution is -0.124. The number of oxime groups is 1. The number of nitrogens with one attached hydrogen (secondary N) is 1. The van der Waals surface area contributed by atoms with E-state index in [0.29, 0.717) is 40.6 Å². The molecule has 2 N–H and O–H groups in total. The van der Waals surface area contributed by atoms with E-state index in [-0.39, 0.29) is 24.2 Å². The molecule has 0 radical (unpaired) electrons. The fourth-order valence-corrected chi connectivity index (χ4v) is 3.80. The molecular formula is C21H21Cl2N3O3. The zero-order chi connectivity index (χ0) is 21.0. The van der Waals surface area contributed by atoms with Crippen LogP contribution >= 0.6 is 23.2 Å². The van der Waals surface area contributed by atoms with Crippen LogP contribution in [0.1, 0.15) is 34.3 Å². The SMILES string of the molecule is Cc1c(Cl)cccc1C(=O)N1CCC[C@H](C(=O)N/C(=N\O)c2ccccc2Cl)C1. The van der Waals surface area contributed by atoms with E-state index in [4.69, 9.17) is 23.2 Å². The largest absolute Gasteiger partial charge is 0.409 e. The molecular weight excluding hydrogens is 413 g/mol. The summed E-state index contributed by atoms with van der Waals surface area (Å²) in [5, 5.41) is 16.0. The van der Waals surface area contributed by atoms with Crippen LogP contribution in [0.3, 0.4) is 0 Å². The Morgan fingerprint density at radius 3 is 2.52 bits per heavy atom. The van der Waals surface area contributed by atoms with E-state index in [0.717, 1.165) is 5.56 Å². The Bertz CT molecular complexity index is 962. The number of rotatable bonds is 3. The highest BCUT2D eigenvalue weighted by molar-refractivity contribution is 6.34. The maximum Gasteiger partial charge on any atom is 0.254 e. The summed E-state index contributed by atoms with van der Waals surface area (Å²) in [6.07, 6.45) is 1.33. The average molecular weight is 434 g/mol. The lowest BCUT2D eigenvalue weighted by Gasteiger charge is -2.32. The zero-order valence-electron chi connectivity index (χ0n) is 15.9. The molecule has 2 aromatic rings. The number of amidine groups is 1. The molecule has 0 saturated carbocycles. The van der Waals surface area contributed by atoms with E-state index in [2.05, 4.69) is 10.5 Å². The van der Waals surface area contributed by atoms with Crippen molar-refractivity contribution in [1.29, 1.82) is 0 Å². The monoisotopic (exact) mass is 433 g/mol. The van der Waals surface area contributed by atoms with Gasteiger partial charge in [-0.3, -0.25) is 9.59 Å². The van der Waals surface area contributed by atoms with Gasteiger partial charge >= 0.3 is 0 Å². The van der Waals surface area contributed by atoms with Gasteiger partial charge in [0.2, 0.25) is 5.91 Å². The smallest absolute Gasteiger partial charge is 0.254 e. The minimum Gasteiger partial charge on any atom is -0.409 e. The van der Waals surface area contributed by atoms with Gasteiger partial charge in [-0.25, -0.2) is 0 Å². The Morgan fingerprint density at radius 1 is 1.10 bits per heavy atom. The summed E-state index contributed by atoms with van der Waals surface area (Å²) in [5.74, 6) is -0.913. The van der Waals surface area contributed by atoms with Gasteiger partial charge < -0.3 is 15.4 Å². The van der Waals surface area contributed by atoms with Gasteiger partial charge in [0.05, 0.1) is 10.9 Å². The molecule has 1 aliphatic heterocycles. The van der Waals surface area contributed by atoms with Crippen molar-refractivity contribution in [2.45, 2.75) is 19.8 Å². The highest BCUT2D eigenvalue weighted by Gasteiger charge is 2.30. The van der Waals surface area contributed by atoms with Crippen molar-refractivity contribution in [3.63, 3.8) is 0 Å². The molecule has 1 saturated heterocycles. The van der Waals surface area contributed by atoms with E-state index >= 15 is 0 Å². The molecule has 8 heteroatoms. The van der Waals surface area contributed by atoms with E-state index in [1.807, 2.05) is 0 Å². The van der Waals surface area contributed by atoms with Crippen molar-refractivity contribution in [2.24, 2.45) is 11.1 Å². The first-order valence-corrected chi connectivity index (χ1v) is 10.00. The lowest BCUT2D eigenvalue weighted by Crippen LogP contribution is -2.47. The first-order chi connectivity index (χ1) is 13.9. The maximum atomic E-state index is 12.9. The van der Waals surface area contributed by atoms with Gasteiger partial charge in [0, 0.05) is 29.2 Å². The summed E-state index contributed by atoms with van der Waals surface area (Å²) >= 11 is 12.3. The fourth-order valence-electron chi connectivity index (χ4n) is 3.40. The molecule has 2 amide bonds. The van der Waals surface area contributed by atoms with Gasteiger partial charge in [0.25, 0.3) is 5.91 Å². The van der Waals surface area contributed by atoms with Gasteiger partial charge in [-0.2, -0.15) is 0 Å². The van der Waals surface area contributed by atoms with Crippen molar-refractivity contribution in [1.82, 2.24) is 10.2 Å². The molecule has 0 unspecified atom stereocenters. The Hall–Kier alpha value is -2.57.